The highest BCUT2D eigenvalue weighted by Crippen LogP contribution is 2.47. The molecule has 3 rings (SSSR count). The van der Waals surface area contributed by atoms with Gasteiger partial charge in [-0.3, -0.25) is 4.90 Å². The lowest BCUT2D eigenvalue weighted by molar-refractivity contribution is 0.170. The molecule has 1 aliphatic carbocycles. The van der Waals surface area contributed by atoms with Gasteiger partial charge in [-0.15, -0.1) is 0 Å². The molecule has 4 atom stereocenters. The van der Waals surface area contributed by atoms with Crippen molar-refractivity contribution in [2.75, 3.05) is 25.1 Å². The van der Waals surface area contributed by atoms with Gasteiger partial charge in [0.15, 0.2) is 0 Å². The summed E-state index contributed by atoms with van der Waals surface area (Å²) in [6.07, 6.45) is 2.54. The first-order chi connectivity index (χ1) is 9.20. The normalized spacial score (nSPS) is 31.9. The topological polar surface area (TPSA) is 42.4 Å². The van der Waals surface area contributed by atoms with Gasteiger partial charge in [-0.05, 0) is 43.7 Å². The van der Waals surface area contributed by atoms with E-state index in [2.05, 4.69) is 31.0 Å². The first-order valence-corrected chi connectivity index (χ1v) is 8.45. The van der Waals surface area contributed by atoms with Crippen molar-refractivity contribution < 1.29 is 4.42 Å². The Hall–Kier alpha value is -0.450. The minimum Gasteiger partial charge on any atom is -0.464 e. The summed E-state index contributed by atoms with van der Waals surface area (Å²) in [5.41, 5.74) is 5.99. The minimum absolute atomic E-state index is 0.228. The standard InChI is InChI=1S/C15H24N2OS/c1-10-7-12(10)14-3-4-15(18-14)13(8-16)17(2)11-5-6-19-9-11/h3-4,10-13H,5-9,16H2,1-2H3. The molecule has 2 aliphatic rings. The molecule has 4 unspecified atom stereocenters. The molecule has 0 aromatic carbocycles. The summed E-state index contributed by atoms with van der Waals surface area (Å²) < 4.78 is 6.08. The molecule has 2 fully saturated rings. The highest BCUT2D eigenvalue weighted by Gasteiger charge is 2.37. The Kier molecular flexibility index (Phi) is 3.92. The number of thioether (sulfide) groups is 1. The molecule has 0 bridgehead atoms. The van der Waals surface area contributed by atoms with E-state index in [0.717, 1.165) is 17.4 Å². The van der Waals surface area contributed by atoms with Gasteiger partial charge in [0.2, 0.25) is 0 Å². The monoisotopic (exact) mass is 280 g/mol. The zero-order chi connectivity index (χ0) is 13.4. The van der Waals surface area contributed by atoms with Crippen molar-refractivity contribution in [3.05, 3.63) is 23.7 Å². The molecule has 1 aromatic rings. The number of nitrogens with two attached hydrogens (primary N) is 1. The van der Waals surface area contributed by atoms with Crippen molar-refractivity contribution >= 4 is 11.8 Å². The molecule has 4 heteroatoms. The third-order valence-electron chi connectivity index (χ3n) is 4.65. The van der Waals surface area contributed by atoms with Gasteiger partial charge < -0.3 is 10.2 Å². The van der Waals surface area contributed by atoms with Gasteiger partial charge in [0.25, 0.3) is 0 Å². The Morgan fingerprint density at radius 2 is 2.32 bits per heavy atom. The van der Waals surface area contributed by atoms with Gasteiger partial charge in [-0.1, -0.05) is 6.92 Å². The summed E-state index contributed by atoms with van der Waals surface area (Å²) in [7, 11) is 2.19. The molecule has 1 aliphatic heterocycles. The maximum atomic E-state index is 6.08. The van der Waals surface area contributed by atoms with E-state index in [0.29, 0.717) is 18.5 Å². The van der Waals surface area contributed by atoms with Gasteiger partial charge >= 0.3 is 0 Å². The maximum absolute atomic E-state index is 6.08. The first-order valence-electron chi connectivity index (χ1n) is 7.30. The average Bonchev–Trinajstić information content (AvgIpc) is 2.90. The predicted molar refractivity (Wildman–Crippen MR) is 80.5 cm³/mol. The van der Waals surface area contributed by atoms with E-state index in [1.165, 1.54) is 24.3 Å². The first kappa shape index (κ1) is 13.5. The molecule has 0 amide bonds. The van der Waals surface area contributed by atoms with Crippen molar-refractivity contribution in [3.8, 4) is 0 Å². The molecule has 1 saturated heterocycles. The van der Waals surface area contributed by atoms with Crippen LogP contribution < -0.4 is 5.73 Å². The van der Waals surface area contributed by atoms with Crippen LogP contribution in [0.5, 0.6) is 0 Å². The Morgan fingerprint density at radius 3 is 2.89 bits per heavy atom. The number of likely N-dealkylation sites (N-methyl/N-ethyl adjacent to an activating group) is 1. The van der Waals surface area contributed by atoms with Crippen molar-refractivity contribution in [3.63, 3.8) is 0 Å². The maximum Gasteiger partial charge on any atom is 0.122 e. The summed E-state index contributed by atoms with van der Waals surface area (Å²) in [6, 6.07) is 5.17. The second-order valence-corrected chi connectivity index (χ2v) is 7.14. The second kappa shape index (κ2) is 5.51. The van der Waals surface area contributed by atoms with E-state index in [-0.39, 0.29) is 6.04 Å². The van der Waals surface area contributed by atoms with Crippen LogP contribution in [-0.2, 0) is 0 Å². The molecule has 2 heterocycles. The van der Waals surface area contributed by atoms with Crippen LogP contribution in [0.15, 0.2) is 16.5 Å². The fourth-order valence-corrected chi connectivity index (χ4v) is 4.33. The van der Waals surface area contributed by atoms with Crippen LogP contribution in [-0.4, -0.2) is 36.0 Å². The van der Waals surface area contributed by atoms with Gasteiger partial charge in [-0.2, -0.15) is 11.8 Å². The number of hydrogen-bond donors (Lipinski definition) is 1. The molecule has 19 heavy (non-hydrogen) atoms. The van der Waals surface area contributed by atoms with E-state index in [1.807, 2.05) is 11.8 Å². The number of nitrogens with zero attached hydrogens (tertiary/aromatic N) is 1. The van der Waals surface area contributed by atoms with Crippen molar-refractivity contribution in [2.45, 2.75) is 37.8 Å². The molecular weight excluding hydrogens is 256 g/mol. The fourth-order valence-electron chi connectivity index (χ4n) is 3.05. The highest BCUT2D eigenvalue weighted by atomic mass is 32.2. The summed E-state index contributed by atoms with van der Waals surface area (Å²) in [4.78, 5) is 2.42. The van der Waals surface area contributed by atoms with Gasteiger partial charge in [-0.25, -0.2) is 0 Å². The third-order valence-corrected chi connectivity index (χ3v) is 5.79. The Labute approximate surface area is 119 Å². The average molecular weight is 280 g/mol. The smallest absolute Gasteiger partial charge is 0.122 e. The van der Waals surface area contributed by atoms with Crippen LogP contribution in [0.2, 0.25) is 0 Å². The van der Waals surface area contributed by atoms with Crippen LogP contribution in [0.4, 0.5) is 0 Å². The molecule has 106 valence electrons. The third kappa shape index (κ3) is 2.71. The molecule has 2 N–H and O–H groups in total. The van der Waals surface area contributed by atoms with E-state index >= 15 is 0 Å². The van der Waals surface area contributed by atoms with Gasteiger partial charge in [0, 0.05) is 24.3 Å². The van der Waals surface area contributed by atoms with E-state index in [4.69, 9.17) is 10.2 Å². The zero-order valence-electron chi connectivity index (χ0n) is 11.8. The fraction of sp³-hybridized carbons (Fsp3) is 0.733. The molecule has 1 aromatic heterocycles. The number of hydrogen-bond acceptors (Lipinski definition) is 4. The summed E-state index contributed by atoms with van der Waals surface area (Å²) in [6.45, 7) is 2.92. The lowest BCUT2D eigenvalue weighted by Gasteiger charge is -2.30. The highest BCUT2D eigenvalue weighted by molar-refractivity contribution is 7.99. The lowest BCUT2D eigenvalue weighted by atomic mass is 10.1. The Bertz CT molecular complexity index is 428. The minimum atomic E-state index is 0.228. The summed E-state index contributed by atoms with van der Waals surface area (Å²) in [5, 5.41) is 0. The Morgan fingerprint density at radius 1 is 1.53 bits per heavy atom. The summed E-state index contributed by atoms with van der Waals surface area (Å²) >= 11 is 2.04. The van der Waals surface area contributed by atoms with Crippen molar-refractivity contribution in [1.29, 1.82) is 0 Å². The zero-order valence-corrected chi connectivity index (χ0v) is 12.7. The molecular formula is C15H24N2OS. The van der Waals surface area contributed by atoms with Gasteiger partial charge in [0.1, 0.15) is 11.5 Å². The largest absolute Gasteiger partial charge is 0.464 e. The van der Waals surface area contributed by atoms with E-state index in [9.17, 15) is 0 Å². The van der Waals surface area contributed by atoms with Crippen LogP contribution in [0.1, 0.15) is 43.2 Å². The number of rotatable bonds is 5. The van der Waals surface area contributed by atoms with Crippen molar-refractivity contribution in [1.82, 2.24) is 4.90 Å². The van der Waals surface area contributed by atoms with E-state index < -0.39 is 0 Å². The van der Waals surface area contributed by atoms with Crippen LogP contribution in [0, 0.1) is 5.92 Å². The van der Waals surface area contributed by atoms with E-state index in [1.54, 1.807) is 0 Å². The second-order valence-electron chi connectivity index (χ2n) is 5.99. The molecule has 3 nitrogen and oxygen atoms in total. The van der Waals surface area contributed by atoms with Crippen LogP contribution in [0.25, 0.3) is 0 Å². The van der Waals surface area contributed by atoms with Crippen molar-refractivity contribution in [2.24, 2.45) is 11.7 Å². The van der Waals surface area contributed by atoms with Gasteiger partial charge in [0.05, 0.1) is 6.04 Å². The number of furan rings is 1. The predicted octanol–water partition coefficient (Wildman–Crippen LogP) is 2.84. The molecule has 0 spiro atoms. The van der Waals surface area contributed by atoms with Crippen LogP contribution >= 0.6 is 11.8 Å². The SMILES string of the molecule is CC1CC1c1ccc(C(CN)N(C)C2CCSC2)o1. The lowest BCUT2D eigenvalue weighted by Crippen LogP contribution is -2.38. The molecule has 1 saturated carbocycles. The Balaban J connectivity index is 1.72. The molecule has 0 radical (unpaired) electrons. The quantitative estimate of drug-likeness (QED) is 0.900. The van der Waals surface area contributed by atoms with Crippen LogP contribution in [0.3, 0.4) is 0 Å². The summed E-state index contributed by atoms with van der Waals surface area (Å²) in [5.74, 6) is 6.15.